The molecule has 2 aromatic carbocycles. The molecule has 1 aliphatic heterocycles. The third-order valence-electron chi connectivity index (χ3n) is 3.30. The molecule has 2 aromatic rings. The lowest BCUT2D eigenvalue weighted by Gasteiger charge is -2.31. The van der Waals surface area contributed by atoms with E-state index in [0.29, 0.717) is 0 Å². The van der Waals surface area contributed by atoms with Crippen LogP contribution in [-0.4, -0.2) is 18.0 Å². The molecular formula is C14H14BrN. The average Bonchev–Trinajstić information content (AvgIpc) is 2.26. The highest BCUT2D eigenvalue weighted by Gasteiger charge is 2.15. The largest absolute Gasteiger partial charge is 0.299 e. The predicted molar refractivity (Wildman–Crippen MR) is 71.5 cm³/mol. The number of hydrogen-bond acceptors (Lipinski definition) is 1. The Bertz CT molecular complexity index is 517. The first-order valence-corrected chi connectivity index (χ1v) is 6.52. The maximum absolute atomic E-state index is 3.61. The fourth-order valence-corrected chi connectivity index (χ4v) is 2.72. The second kappa shape index (κ2) is 4.19. The summed E-state index contributed by atoms with van der Waals surface area (Å²) < 4.78 is 1.19. The van der Waals surface area contributed by atoms with Crippen LogP contribution in [0.2, 0.25) is 0 Å². The molecule has 1 saturated heterocycles. The first-order chi connectivity index (χ1) is 7.84. The van der Waals surface area contributed by atoms with Gasteiger partial charge in [0.15, 0.2) is 0 Å². The van der Waals surface area contributed by atoms with Crippen molar-refractivity contribution in [3.63, 3.8) is 0 Å². The second-order valence-corrected chi connectivity index (χ2v) is 5.24. The first-order valence-electron chi connectivity index (χ1n) is 5.73. The van der Waals surface area contributed by atoms with Crippen molar-refractivity contribution in [2.75, 3.05) is 13.1 Å². The molecule has 1 nitrogen and oxygen atoms in total. The Hall–Kier alpha value is -0.860. The minimum atomic E-state index is 1.09. The minimum Gasteiger partial charge on any atom is -0.299 e. The van der Waals surface area contributed by atoms with Crippen LogP contribution in [0.15, 0.2) is 40.9 Å². The Labute approximate surface area is 104 Å². The van der Waals surface area contributed by atoms with Gasteiger partial charge in [0.1, 0.15) is 0 Å². The van der Waals surface area contributed by atoms with E-state index in [1.54, 1.807) is 0 Å². The molecule has 0 radical (unpaired) electrons. The van der Waals surface area contributed by atoms with Crippen LogP contribution in [0, 0.1) is 0 Å². The summed E-state index contributed by atoms with van der Waals surface area (Å²) in [5, 5.41) is 2.70. The van der Waals surface area contributed by atoms with Crippen LogP contribution < -0.4 is 0 Å². The van der Waals surface area contributed by atoms with Crippen molar-refractivity contribution in [2.24, 2.45) is 0 Å². The van der Waals surface area contributed by atoms with Crippen molar-refractivity contribution in [2.45, 2.75) is 13.0 Å². The number of fused-ring (bicyclic) bond motifs is 1. The summed E-state index contributed by atoms with van der Waals surface area (Å²) in [5.74, 6) is 0. The third kappa shape index (κ3) is 1.76. The standard InChI is InChI=1S/C14H14BrN/c15-14-7-6-11(10-16-8-3-9-16)12-4-1-2-5-13(12)14/h1-2,4-7H,3,8-10H2. The van der Waals surface area contributed by atoms with Gasteiger partial charge in [-0.25, -0.2) is 0 Å². The summed E-state index contributed by atoms with van der Waals surface area (Å²) in [5.41, 5.74) is 1.44. The molecule has 0 aromatic heterocycles. The third-order valence-corrected chi connectivity index (χ3v) is 4.00. The van der Waals surface area contributed by atoms with Gasteiger partial charge in [-0.05, 0) is 41.9 Å². The minimum absolute atomic E-state index is 1.09. The Morgan fingerprint density at radius 2 is 1.75 bits per heavy atom. The van der Waals surface area contributed by atoms with Crippen molar-refractivity contribution in [3.8, 4) is 0 Å². The maximum Gasteiger partial charge on any atom is 0.0253 e. The SMILES string of the molecule is Brc1ccc(CN2CCC2)c2ccccc12. The van der Waals surface area contributed by atoms with Crippen molar-refractivity contribution in [3.05, 3.63) is 46.4 Å². The average molecular weight is 276 g/mol. The van der Waals surface area contributed by atoms with E-state index < -0.39 is 0 Å². The smallest absolute Gasteiger partial charge is 0.0253 e. The number of benzene rings is 2. The van der Waals surface area contributed by atoms with E-state index in [1.165, 1.54) is 40.3 Å². The highest BCUT2D eigenvalue weighted by atomic mass is 79.9. The molecule has 0 aliphatic carbocycles. The fraction of sp³-hybridized carbons (Fsp3) is 0.286. The highest BCUT2D eigenvalue weighted by molar-refractivity contribution is 9.10. The van der Waals surface area contributed by atoms with Crippen LogP contribution >= 0.6 is 15.9 Å². The van der Waals surface area contributed by atoms with E-state index in [2.05, 4.69) is 57.2 Å². The summed E-state index contributed by atoms with van der Waals surface area (Å²) in [7, 11) is 0. The van der Waals surface area contributed by atoms with E-state index in [0.717, 1.165) is 6.54 Å². The van der Waals surface area contributed by atoms with Gasteiger partial charge in [-0.2, -0.15) is 0 Å². The molecule has 1 aliphatic rings. The van der Waals surface area contributed by atoms with E-state index >= 15 is 0 Å². The van der Waals surface area contributed by atoms with E-state index in [1.807, 2.05) is 0 Å². The Balaban J connectivity index is 2.06. The number of hydrogen-bond donors (Lipinski definition) is 0. The van der Waals surface area contributed by atoms with Gasteiger partial charge in [-0.15, -0.1) is 0 Å². The summed E-state index contributed by atoms with van der Waals surface area (Å²) in [4.78, 5) is 2.50. The summed E-state index contributed by atoms with van der Waals surface area (Å²) in [6, 6.07) is 13.0. The maximum atomic E-state index is 3.61. The van der Waals surface area contributed by atoms with Crippen LogP contribution in [-0.2, 0) is 6.54 Å². The summed E-state index contributed by atoms with van der Waals surface area (Å²) >= 11 is 3.61. The molecule has 3 rings (SSSR count). The molecule has 1 fully saturated rings. The fourth-order valence-electron chi connectivity index (χ4n) is 2.24. The molecule has 16 heavy (non-hydrogen) atoms. The van der Waals surface area contributed by atoms with Gasteiger partial charge in [-0.3, -0.25) is 4.90 Å². The van der Waals surface area contributed by atoms with Crippen LogP contribution in [0.25, 0.3) is 10.8 Å². The van der Waals surface area contributed by atoms with Gasteiger partial charge in [0.25, 0.3) is 0 Å². The lowest BCUT2D eigenvalue weighted by Crippen LogP contribution is -2.36. The Kier molecular flexibility index (Phi) is 2.70. The van der Waals surface area contributed by atoms with Gasteiger partial charge in [0.2, 0.25) is 0 Å². The van der Waals surface area contributed by atoms with Crippen LogP contribution in [0.5, 0.6) is 0 Å². The molecule has 1 heterocycles. The zero-order valence-corrected chi connectivity index (χ0v) is 10.7. The van der Waals surface area contributed by atoms with Gasteiger partial charge >= 0.3 is 0 Å². The lowest BCUT2D eigenvalue weighted by molar-refractivity contribution is 0.173. The van der Waals surface area contributed by atoms with E-state index in [4.69, 9.17) is 0 Å². The monoisotopic (exact) mass is 275 g/mol. The first kappa shape index (κ1) is 10.3. The van der Waals surface area contributed by atoms with E-state index in [-0.39, 0.29) is 0 Å². The second-order valence-electron chi connectivity index (χ2n) is 4.38. The number of likely N-dealkylation sites (tertiary alicyclic amines) is 1. The molecule has 0 atom stereocenters. The van der Waals surface area contributed by atoms with Gasteiger partial charge < -0.3 is 0 Å². The zero-order valence-electron chi connectivity index (χ0n) is 9.12. The molecule has 82 valence electrons. The molecule has 0 amide bonds. The van der Waals surface area contributed by atoms with Crippen LogP contribution in [0.3, 0.4) is 0 Å². The molecule has 2 heteroatoms. The summed E-state index contributed by atoms with van der Waals surface area (Å²) in [6.07, 6.45) is 1.36. The van der Waals surface area contributed by atoms with Gasteiger partial charge in [0, 0.05) is 11.0 Å². The van der Waals surface area contributed by atoms with Gasteiger partial charge in [-0.1, -0.05) is 46.3 Å². The van der Waals surface area contributed by atoms with Crippen LogP contribution in [0.4, 0.5) is 0 Å². The molecule has 0 bridgehead atoms. The molecule has 0 saturated carbocycles. The molecule has 0 N–H and O–H groups in total. The molecule has 0 spiro atoms. The molecule has 0 unspecified atom stereocenters. The van der Waals surface area contributed by atoms with Crippen molar-refractivity contribution < 1.29 is 0 Å². The zero-order chi connectivity index (χ0) is 11.0. The Morgan fingerprint density at radius 3 is 2.44 bits per heavy atom. The normalized spacial score (nSPS) is 16.3. The highest BCUT2D eigenvalue weighted by Crippen LogP contribution is 2.28. The summed E-state index contributed by atoms with van der Waals surface area (Å²) in [6.45, 7) is 3.60. The lowest BCUT2D eigenvalue weighted by atomic mass is 10.0. The quantitative estimate of drug-likeness (QED) is 0.806. The van der Waals surface area contributed by atoms with Crippen molar-refractivity contribution in [1.82, 2.24) is 4.90 Å². The van der Waals surface area contributed by atoms with Crippen LogP contribution in [0.1, 0.15) is 12.0 Å². The number of rotatable bonds is 2. The number of halogens is 1. The van der Waals surface area contributed by atoms with E-state index in [9.17, 15) is 0 Å². The van der Waals surface area contributed by atoms with Gasteiger partial charge in [0.05, 0.1) is 0 Å². The molecular weight excluding hydrogens is 262 g/mol. The number of nitrogens with zero attached hydrogens (tertiary/aromatic N) is 1. The Morgan fingerprint density at radius 1 is 1.00 bits per heavy atom. The van der Waals surface area contributed by atoms with Crippen molar-refractivity contribution in [1.29, 1.82) is 0 Å². The van der Waals surface area contributed by atoms with Crippen molar-refractivity contribution >= 4 is 26.7 Å². The topological polar surface area (TPSA) is 3.24 Å². The predicted octanol–water partition coefficient (Wildman–Crippen LogP) is 3.81.